The molecule has 80 valence electrons. The van der Waals surface area contributed by atoms with E-state index in [0.29, 0.717) is 0 Å². The maximum Gasteiger partial charge on any atom is 0.336 e. The molecule has 0 spiro atoms. The summed E-state index contributed by atoms with van der Waals surface area (Å²) >= 11 is 5.73. The second kappa shape index (κ2) is 4.29. The monoisotopic (exact) mass is 220 g/mol. The quantitative estimate of drug-likeness (QED) is 0.397. The van der Waals surface area contributed by atoms with E-state index in [1.807, 2.05) is 0 Å². The molecule has 14 heavy (non-hydrogen) atoms. The first kappa shape index (κ1) is 11.5. The number of carbonyl (C=O) groups excluding carboxylic acids is 1. The third kappa shape index (κ3) is 2.26. The Morgan fingerprint density at radius 2 is 2.21 bits per heavy atom. The van der Waals surface area contributed by atoms with Crippen molar-refractivity contribution in [2.45, 2.75) is 37.5 Å². The molecular formula is C9H13ClO4. The molecule has 0 aromatic rings. The molecular weight excluding hydrogens is 208 g/mol. The number of aliphatic hydroxyl groups is 2. The molecule has 4 nitrogen and oxygen atoms in total. The predicted molar refractivity (Wildman–Crippen MR) is 51.0 cm³/mol. The lowest BCUT2D eigenvalue weighted by Crippen LogP contribution is -2.21. The van der Waals surface area contributed by atoms with E-state index in [4.69, 9.17) is 21.4 Å². The number of hydrogen-bond donors (Lipinski definition) is 2. The van der Waals surface area contributed by atoms with Crippen LogP contribution < -0.4 is 0 Å². The number of esters is 1. The van der Waals surface area contributed by atoms with Gasteiger partial charge >= 0.3 is 5.97 Å². The van der Waals surface area contributed by atoms with Crippen molar-refractivity contribution in [2.75, 3.05) is 0 Å². The molecule has 1 saturated heterocycles. The summed E-state index contributed by atoms with van der Waals surface area (Å²) in [6.07, 6.45) is -0.947. The summed E-state index contributed by atoms with van der Waals surface area (Å²) in [6, 6.07) is 0. The minimum Gasteiger partial charge on any atom is -0.456 e. The smallest absolute Gasteiger partial charge is 0.336 e. The minimum atomic E-state index is -0.956. The Morgan fingerprint density at radius 3 is 2.57 bits per heavy atom. The van der Waals surface area contributed by atoms with E-state index in [2.05, 4.69) is 0 Å². The molecule has 1 fully saturated rings. The summed E-state index contributed by atoms with van der Waals surface area (Å²) < 4.78 is 4.77. The number of ether oxygens (including phenoxy) is 1. The van der Waals surface area contributed by atoms with Crippen LogP contribution in [0.1, 0.15) is 13.8 Å². The zero-order chi connectivity index (χ0) is 10.9. The van der Waals surface area contributed by atoms with Crippen molar-refractivity contribution in [1.29, 1.82) is 0 Å². The van der Waals surface area contributed by atoms with Gasteiger partial charge in [0.25, 0.3) is 0 Å². The molecule has 0 aliphatic carbocycles. The summed E-state index contributed by atoms with van der Waals surface area (Å²) in [5.74, 6) is -0.573. The molecule has 1 aliphatic rings. The van der Waals surface area contributed by atoms with Crippen LogP contribution in [0.3, 0.4) is 0 Å². The maximum atomic E-state index is 11.2. The molecule has 0 amide bonds. The minimum absolute atomic E-state index is 0.124. The van der Waals surface area contributed by atoms with Crippen LogP contribution in [0.15, 0.2) is 11.6 Å². The van der Waals surface area contributed by atoms with E-state index in [0.717, 1.165) is 0 Å². The third-order valence-electron chi connectivity index (χ3n) is 2.09. The van der Waals surface area contributed by atoms with Gasteiger partial charge in [-0.1, -0.05) is 6.08 Å². The molecule has 1 aliphatic heterocycles. The van der Waals surface area contributed by atoms with E-state index in [1.165, 1.54) is 13.0 Å². The molecule has 1 rings (SSSR count). The van der Waals surface area contributed by atoms with Crippen LogP contribution in [-0.2, 0) is 9.53 Å². The maximum absolute atomic E-state index is 11.2. The highest BCUT2D eigenvalue weighted by atomic mass is 35.5. The fourth-order valence-electron chi connectivity index (χ4n) is 1.15. The number of rotatable bonds is 2. The van der Waals surface area contributed by atoms with E-state index >= 15 is 0 Å². The Balaban J connectivity index is 2.81. The van der Waals surface area contributed by atoms with Crippen LogP contribution >= 0.6 is 11.6 Å². The fourth-order valence-corrected chi connectivity index (χ4v) is 1.29. The largest absolute Gasteiger partial charge is 0.456 e. The average Bonchev–Trinajstić information content (AvgIpc) is 2.32. The zero-order valence-electron chi connectivity index (χ0n) is 7.98. The van der Waals surface area contributed by atoms with E-state index < -0.39 is 29.7 Å². The van der Waals surface area contributed by atoms with Gasteiger partial charge in [-0.2, -0.15) is 0 Å². The van der Waals surface area contributed by atoms with Crippen LogP contribution in [-0.4, -0.2) is 39.9 Å². The number of aliphatic hydroxyl groups excluding tert-OH is 2. The van der Waals surface area contributed by atoms with Crippen molar-refractivity contribution in [1.82, 2.24) is 0 Å². The van der Waals surface area contributed by atoms with Crippen LogP contribution in [0.4, 0.5) is 0 Å². The second-order valence-corrected chi connectivity index (χ2v) is 3.87. The lowest BCUT2D eigenvalue weighted by molar-refractivity contribution is -0.138. The van der Waals surface area contributed by atoms with E-state index in [9.17, 15) is 9.90 Å². The van der Waals surface area contributed by atoms with Crippen LogP contribution in [0.5, 0.6) is 0 Å². The predicted octanol–water partition coefficient (Wildman–Crippen LogP) is 0.207. The second-order valence-electron chi connectivity index (χ2n) is 3.36. The highest BCUT2D eigenvalue weighted by Gasteiger charge is 2.36. The van der Waals surface area contributed by atoms with Crippen molar-refractivity contribution >= 4 is 17.6 Å². The van der Waals surface area contributed by atoms with Crippen LogP contribution in [0.2, 0.25) is 0 Å². The fraction of sp³-hybridized carbons (Fsp3) is 0.667. The van der Waals surface area contributed by atoms with Gasteiger partial charge in [0.15, 0.2) is 0 Å². The molecule has 1 heterocycles. The molecule has 0 aromatic heterocycles. The van der Waals surface area contributed by atoms with Gasteiger partial charge in [-0.25, -0.2) is 4.79 Å². The van der Waals surface area contributed by atoms with Crippen molar-refractivity contribution in [2.24, 2.45) is 0 Å². The first-order valence-electron chi connectivity index (χ1n) is 4.36. The number of hydrogen-bond acceptors (Lipinski definition) is 4. The third-order valence-corrected chi connectivity index (χ3v) is 2.58. The Kier molecular flexibility index (Phi) is 3.53. The Bertz CT molecular complexity index is 262. The molecule has 0 bridgehead atoms. The van der Waals surface area contributed by atoms with Crippen molar-refractivity contribution < 1.29 is 19.7 Å². The van der Waals surface area contributed by atoms with Crippen LogP contribution in [0.25, 0.3) is 0 Å². The van der Waals surface area contributed by atoms with Gasteiger partial charge in [0.1, 0.15) is 12.2 Å². The molecule has 0 aromatic carbocycles. The summed E-state index contributed by atoms with van der Waals surface area (Å²) in [6.45, 7) is 3.10. The molecule has 0 radical (unpaired) electrons. The van der Waals surface area contributed by atoms with Gasteiger partial charge in [-0.05, 0) is 13.8 Å². The first-order valence-corrected chi connectivity index (χ1v) is 4.80. The molecule has 0 saturated carbocycles. The van der Waals surface area contributed by atoms with Gasteiger partial charge in [0, 0.05) is 0 Å². The topological polar surface area (TPSA) is 66.8 Å². The van der Waals surface area contributed by atoms with Crippen molar-refractivity contribution in [3.8, 4) is 0 Å². The van der Waals surface area contributed by atoms with Crippen molar-refractivity contribution in [3.63, 3.8) is 0 Å². The standard InChI is InChI=1S/C9H13ClO4/c1-4(11)7(10)3-6-8(12)5(2)14-9(6)13/h3-5,7-8,11-12H,1-2H3/b6-3+/t4-,5-,7+,8+/m1/s1. The number of cyclic esters (lactones) is 1. The SMILES string of the molecule is C[C@@H](O)[C@@H](Cl)/C=C1/C(=O)O[C@H](C)[C@@H]1O. The Morgan fingerprint density at radius 1 is 1.64 bits per heavy atom. The highest BCUT2D eigenvalue weighted by molar-refractivity contribution is 6.22. The molecule has 0 unspecified atom stereocenters. The Hall–Kier alpha value is -0.580. The van der Waals surface area contributed by atoms with Gasteiger partial charge in [0.05, 0.1) is 17.1 Å². The first-order chi connectivity index (χ1) is 6.43. The van der Waals surface area contributed by atoms with Gasteiger partial charge < -0.3 is 14.9 Å². The number of carbonyl (C=O) groups is 1. The lowest BCUT2D eigenvalue weighted by Gasteiger charge is -2.09. The number of halogens is 1. The average molecular weight is 221 g/mol. The normalized spacial score (nSPS) is 34.4. The summed E-state index contributed by atoms with van der Waals surface area (Å²) in [5, 5.41) is 17.9. The van der Waals surface area contributed by atoms with E-state index in [1.54, 1.807) is 6.92 Å². The van der Waals surface area contributed by atoms with E-state index in [-0.39, 0.29) is 5.57 Å². The van der Waals surface area contributed by atoms with Crippen LogP contribution in [0, 0.1) is 0 Å². The Labute approximate surface area is 87.1 Å². The van der Waals surface area contributed by atoms with Gasteiger partial charge in [-0.3, -0.25) is 0 Å². The summed E-state index contributed by atoms with van der Waals surface area (Å²) in [7, 11) is 0. The summed E-state index contributed by atoms with van der Waals surface area (Å²) in [5.41, 5.74) is 0.124. The zero-order valence-corrected chi connectivity index (χ0v) is 8.73. The van der Waals surface area contributed by atoms with Crippen molar-refractivity contribution in [3.05, 3.63) is 11.6 Å². The lowest BCUT2D eigenvalue weighted by atomic mass is 10.1. The molecule has 4 atom stereocenters. The van der Waals surface area contributed by atoms with Gasteiger partial charge in [0.2, 0.25) is 0 Å². The number of alkyl halides is 1. The highest BCUT2D eigenvalue weighted by Crippen LogP contribution is 2.22. The molecule has 2 N–H and O–H groups in total. The van der Waals surface area contributed by atoms with Gasteiger partial charge in [-0.15, -0.1) is 11.6 Å². The summed E-state index contributed by atoms with van der Waals surface area (Å²) in [4.78, 5) is 11.2. The molecule has 5 heteroatoms.